The summed E-state index contributed by atoms with van der Waals surface area (Å²) in [6.07, 6.45) is 4.53. The third kappa shape index (κ3) is 7.09. The number of benzene rings is 1. The number of halogens is 3. The summed E-state index contributed by atoms with van der Waals surface area (Å²) in [5.74, 6) is -0.314. The van der Waals surface area contributed by atoms with Gasteiger partial charge in [-0.15, -0.1) is 0 Å². The molecule has 1 aliphatic rings. The van der Waals surface area contributed by atoms with Crippen LogP contribution in [0.2, 0.25) is 0 Å². The number of carbonyl (C=O) groups excluding carboxylic acids is 1. The maximum atomic E-state index is 13.9. The highest BCUT2D eigenvalue weighted by Crippen LogP contribution is 2.36. The number of nitrogens with one attached hydrogen (secondary N) is 2. The van der Waals surface area contributed by atoms with E-state index in [1.54, 1.807) is 43.7 Å². The van der Waals surface area contributed by atoms with Crippen molar-refractivity contribution in [3.05, 3.63) is 89.6 Å². The van der Waals surface area contributed by atoms with E-state index in [2.05, 4.69) is 42.4 Å². The largest absolute Gasteiger partial charge is 0.416 e. The fourth-order valence-corrected chi connectivity index (χ4v) is 5.17. The van der Waals surface area contributed by atoms with E-state index >= 15 is 0 Å². The van der Waals surface area contributed by atoms with Crippen LogP contribution >= 0.6 is 0 Å². The molecule has 11 heteroatoms. The second-order valence-corrected chi connectivity index (χ2v) is 10.4. The van der Waals surface area contributed by atoms with Gasteiger partial charge in [0.25, 0.3) is 5.91 Å². The first-order chi connectivity index (χ1) is 20.2. The van der Waals surface area contributed by atoms with E-state index in [1.165, 1.54) is 12.3 Å². The van der Waals surface area contributed by atoms with Gasteiger partial charge in [-0.25, -0.2) is 9.97 Å². The maximum Gasteiger partial charge on any atom is 0.416 e. The Kier molecular flexibility index (Phi) is 8.77. The monoisotopic (exact) mass is 575 g/mol. The number of piperidine rings is 1. The van der Waals surface area contributed by atoms with Crippen LogP contribution in [0.15, 0.2) is 67.3 Å². The molecule has 1 amide bonds. The lowest BCUT2D eigenvalue weighted by Gasteiger charge is -2.33. The molecule has 0 saturated carbocycles. The van der Waals surface area contributed by atoms with Crippen molar-refractivity contribution < 1.29 is 18.0 Å². The number of aryl methyl sites for hydroxylation is 1. The predicted molar refractivity (Wildman–Crippen MR) is 156 cm³/mol. The SMILES string of the molecule is CCCN1CCCC(c2cc(NC(=O)c3cnc(C)c(Nc4nccc(-c5cccnc5)n4)c3)cc(C(F)(F)F)c2)C1. The highest BCUT2D eigenvalue weighted by atomic mass is 19.4. The van der Waals surface area contributed by atoms with E-state index in [4.69, 9.17) is 0 Å². The molecular weight excluding hydrogens is 543 g/mol. The first-order valence-corrected chi connectivity index (χ1v) is 13.9. The second kappa shape index (κ2) is 12.6. The lowest BCUT2D eigenvalue weighted by atomic mass is 9.89. The Hall–Kier alpha value is -4.38. The molecule has 5 rings (SSSR count). The number of alkyl halides is 3. The van der Waals surface area contributed by atoms with Gasteiger partial charge >= 0.3 is 6.18 Å². The summed E-state index contributed by atoms with van der Waals surface area (Å²) in [7, 11) is 0. The molecule has 8 nitrogen and oxygen atoms in total. The molecule has 1 unspecified atom stereocenters. The number of carbonyl (C=O) groups is 1. The van der Waals surface area contributed by atoms with Gasteiger partial charge in [-0.2, -0.15) is 13.2 Å². The van der Waals surface area contributed by atoms with E-state index in [-0.39, 0.29) is 17.2 Å². The molecule has 218 valence electrons. The van der Waals surface area contributed by atoms with Crippen molar-refractivity contribution >= 4 is 23.2 Å². The third-order valence-corrected chi connectivity index (χ3v) is 7.27. The summed E-state index contributed by atoms with van der Waals surface area (Å²) in [5, 5.41) is 5.77. The summed E-state index contributed by atoms with van der Waals surface area (Å²) < 4.78 is 41.6. The molecule has 1 saturated heterocycles. The minimum atomic E-state index is -4.54. The minimum Gasteiger partial charge on any atom is -0.323 e. The van der Waals surface area contributed by atoms with Gasteiger partial charge in [0, 0.05) is 42.6 Å². The van der Waals surface area contributed by atoms with E-state index in [0.29, 0.717) is 35.1 Å². The van der Waals surface area contributed by atoms with Crippen molar-refractivity contribution in [3.8, 4) is 11.3 Å². The first-order valence-electron chi connectivity index (χ1n) is 13.9. The van der Waals surface area contributed by atoms with Gasteiger partial charge in [-0.05, 0) is 93.2 Å². The Labute approximate surface area is 242 Å². The fraction of sp³-hybridized carbons (Fsp3) is 0.323. The average molecular weight is 576 g/mol. The molecule has 0 spiro atoms. The van der Waals surface area contributed by atoms with Crippen LogP contribution in [-0.2, 0) is 6.18 Å². The quantitative estimate of drug-likeness (QED) is 0.237. The summed E-state index contributed by atoms with van der Waals surface area (Å²) in [4.78, 5) is 32.8. The zero-order valence-electron chi connectivity index (χ0n) is 23.4. The number of aromatic nitrogens is 4. The highest BCUT2D eigenvalue weighted by Gasteiger charge is 2.33. The Morgan fingerprint density at radius 2 is 1.95 bits per heavy atom. The second-order valence-electron chi connectivity index (χ2n) is 10.4. The van der Waals surface area contributed by atoms with E-state index < -0.39 is 17.6 Å². The highest BCUT2D eigenvalue weighted by molar-refractivity contribution is 6.04. The normalized spacial score (nSPS) is 15.8. The van der Waals surface area contributed by atoms with Crippen LogP contribution in [0, 0.1) is 6.92 Å². The number of hydrogen-bond donors (Lipinski definition) is 2. The van der Waals surface area contributed by atoms with E-state index in [9.17, 15) is 18.0 Å². The van der Waals surface area contributed by atoms with Crippen molar-refractivity contribution in [2.24, 2.45) is 0 Å². The predicted octanol–water partition coefficient (Wildman–Crippen LogP) is 6.85. The topological polar surface area (TPSA) is 95.9 Å². The maximum absolute atomic E-state index is 13.9. The minimum absolute atomic E-state index is 0.0393. The van der Waals surface area contributed by atoms with Gasteiger partial charge in [0.1, 0.15) is 0 Å². The summed E-state index contributed by atoms with van der Waals surface area (Å²) in [6, 6.07) is 10.9. The molecule has 1 aromatic carbocycles. The zero-order chi connectivity index (χ0) is 29.7. The lowest BCUT2D eigenvalue weighted by molar-refractivity contribution is -0.137. The van der Waals surface area contributed by atoms with Gasteiger partial charge in [-0.1, -0.05) is 6.92 Å². The van der Waals surface area contributed by atoms with Crippen molar-refractivity contribution in [2.75, 3.05) is 30.3 Å². The van der Waals surface area contributed by atoms with Gasteiger partial charge < -0.3 is 15.5 Å². The number of rotatable bonds is 8. The van der Waals surface area contributed by atoms with Crippen molar-refractivity contribution in [1.82, 2.24) is 24.8 Å². The summed E-state index contributed by atoms with van der Waals surface area (Å²) in [5.41, 5.74) is 2.64. The Balaban J connectivity index is 1.37. The van der Waals surface area contributed by atoms with Crippen molar-refractivity contribution in [2.45, 2.75) is 45.2 Å². The fourth-order valence-electron chi connectivity index (χ4n) is 5.17. The van der Waals surface area contributed by atoms with Crippen molar-refractivity contribution in [1.29, 1.82) is 0 Å². The molecule has 1 fully saturated rings. The summed E-state index contributed by atoms with van der Waals surface area (Å²) >= 11 is 0. The molecule has 3 aromatic heterocycles. The van der Waals surface area contributed by atoms with E-state index in [0.717, 1.165) is 44.0 Å². The number of anilines is 3. The molecule has 0 radical (unpaired) electrons. The Morgan fingerprint density at radius 1 is 1.10 bits per heavy atom. The average Bonchev–Trinajstić information content (AvgIpc) is 2.98. The van der Waals surface area contributed by atoms with Gasteiger partial charge in [0.05, 0.1) is 28.2 Å². The molecule has 4 aromatic rings. The molecular formula is C31H32F3N7O. The Morgan fingerprint density at radius 3 is 2.71 bits per heavy atom. The third-order valence-electron chi connectivity index (χ3n) is 7.27. The lowest BCUT2D eigenvalue weighted by Crippen LogP contribution is -2.35. The molecule has 2 N–H and O–H groups in total. The van der Waals surface area contributed by atoms with Gasteiger partial charge in [0.15, 0.2) is 0 Å². The van der Waals surface area contributed by atoms with E-state index in [1.807, 2.05) is 12.1 Å². The molecule has 1 atom stereocenters. The van der Waals surface area contributed by atoms with Gasteiger partial charge in [0.2, 0.25) is 5.95 Å². The molecule has 0 aliphatic carbocycles. The number of hydrogen-bond acceptors (Lipinski definition) is 7. The van der Waals surface area contributed by atoms with Crippen LogP contribution in [0.25, 0.3) is 11.3 Å². The van der Waals surface area contributed by atoms with Crippen LogP contribution in [0.4, 0.5) is 30.5 Å². The number of likely N-dealkylation sites (tertiary alicyclic amines) is 1. The van der Waals surface area contributed by atoms with Crippen LogP contribution in [-0.4, -0.2) is 50.4 Å². The first kappa shape index (κ1) is 29.1. The number of amides is 1. The number of nitrogens with zero attached hydrogens (tertiary/aromatic N) is 5. The molecule has 4 heterocycles. The van der Waals surface area contributed by atoms with Crippen LogP contribution in [0.5, 0.6) is 0 Å². The van der Waals surface area contributed by atoms with Crippen LogP contribution in [0.3, 0.4) is 0 Å². The molecule has 1 aliphatic heterocycles. The Bertz CT molecular complexity index is 1540. The molecule has 0 bridgehead atoms. The smallest absolute Gasteiger partial charge is 0.323 e. The van der Waals surface area contributed by atoms with Crippen molar-refractivity contribution in [3.63, 3.8) is 0 Å². The van der Waals surface area contributed by atoms with Crippen LogP contribution in [0.1, 0.15) is 59.3 Å². The number of pyridine rings is 2. The molecule has 42 heavy (non-hydrogen) atoms. The summed E-state index contributed by atoms with van der Waals surface area (Å²) in [6.45, 7) is 6.41. The standard InChI is InChI=1S/C31H32F3N7O/c1-3-11-41-12-5-7-22(19-41)23-13-25(31(32,33)34)16-26(14-23)38-29(42)24-15-28(20(2)37-18-24)40-30-36-10-8-27(39-30)21-6-4-9-35-17-21/h4,6,8-10,13-18,22H,3,5,7,11-12,19H2,1-2H3,(H,38,42)(H,36,39,40). The zero-order valence-corrected chi connectivity index (χ0v) is 23.4. The van der Waals surface area contributed by atoms with Crippen LogP contribution < -0.4 is 10.6 Å². The van der Waals surface area contributed by atoms with Gasteiger partial charge in [-0.3, -0.25) is 14.8 Å².